The first kappa shape index (κ1) is 9.97. The van der Waals surface area contributed by atoms with E-state index < -0.39 is 0 Å². The molecule has 0 fully saturated rings. The number of allylic oxidation sites excluding steroid dienone is 2. The quantitative estimate of drug-likeness (QED) is 0.677. The summed E-state index contributed by atoms with van der Waals surface area (Å²) >= 11 is 3.51. The van der Waals surface area contributed by atoms with E-state index in [1.54, 1.807) is 0 Å². The zero-order chi connectivity index (χ0) is 8.97. The van der Waals surface area contributed by atoms with Gasteiger partial charge in [-0.3, -0.25) is 0 Å². The van der Waals surface area contributed by atoms with Gasteiger partial charge in [-0.25, -0.2) is 0 Å². The summed E-state index contributed by atoms with van der Waals surface area (Å²) in [6, 6.07) is 0. The number of hydrogen-bond acceptors (Lipinski definition) is 1. The molecule has 12 heavy (non-hydrogen) atoms. The molecule has 0 saturated carbocycles. The molecule has 0 aliphatic heterocycles. The van der Waals surface area contributed by atoms with Crippen molar-refractivity contribution in [3.8, 4) is 0 Å². The van der Waals surface area contributed by atoms with Gasteiger partial charge >= 0.3 is 0 Å². The second-order valence-corrected chi connectivity index (χ2v) is 4.19. The normalized spacial score (nSPS) is 23.3. The highest BCUT2D eigenvalue weighted by Gasteiger charge is 2.22. The van der Waals surface area contributed by atoms with E-state index in [9.17, 15) is 4.79 Å². The van der Waals surface area contributed by atoms with Crippen LogP contribution in [0.3, 0.4) is 0 Å². The fourth-order valence-electron chi connectivity index (χ4n) is 1.60. The van der Waals surface area contributed by atoms with Crippen molar-refractivity contribution < 1.29 is 4.79 Å². The van der Waals surface area contributed by atoms with Gasteiger partial charge in [0.1, 0.15) is 6.29 Å². The monoisotopic (exact) mass is 230 g/mol. The maximum Gasteiger partial charge on any atom is 0.127 e. The van der Waals surface area contributed by atoms with Crippen LogP contribution >= 0.6 is 15.9 Å². The number of carbonyl (C=O) groups is 1. The van der Waals surface area contributed by atoms with Gasteiger partial charge in [0.15, 0.2) is 0 Å². The molecule has 0 aromatic rings. The molecule has 0 bridgehead atoms. The van der Waals surface area contributed by atoms with Gasteiger partial charge < -0.3 is 4.79 Å². The Kier molecular flexibility index (Phi) is 3.99. The molecule has 1 unspecified atom stereocenters. The van der Waals surface area contributed by atoms with Crippen molar-refractivity contribution in [3.05, 3.63) is 10.1 Å². The lowest BCUT2D eigenvalue weighted by Gasteiger charge is -2.01. The summed E-state index contributed by atoms with van der Waals surface area (Å²) < 4.78 is 1.17. The Morgan fingerprint density at radius 1 is 1.67 bits per heavy atom. The topological polar surface area (TPSA) is 17.1 Å². The van der Waals surface area contributed by atoms with Gasteiger partial charge in [-0.15, -0.1) is 0 Å². The third-order valence-corrected chi connectivity index (χ3v) is 3.57. The molecule has 0 N–H and O–H groups in total. The molecular formula is C10H15BrO. The summed E-state index contributed by atoms with van der Waals surface area (Å²) in [6.07, 6.45) is 6.84. The third-order valence-electron chi connectivity index (χ3n) is 2.42. The van der Waals surface area contributed by atoms with Crippen molar-refractivity contribution in [2.24, 2.45) is 5.92 Å². The van der Waals surface area contributed by atoms with Crippen LogP contribution in [0.25, 0.3) is 0 Å². The summed E-state index contributed by atoms with van der Waals surface area (Å²) in [4.78, 5) is 10.6. The first-order chi connectivity index (χ1) is 5.79. The average Bonchev–Trinajstić information content (AvgIpc) is 2.43. The van der Waals surface area contributed by atoms with Crippen LogP contribution < -0.4 is 0 Å². The van der Waals surface area contributed by atoms with Gasteiger partial charge in [-0.05, 0) is 25.7 Å². The van der Waals surface area contributed by atoms with E-state index in [0.717, 1.165) is 19.1 Å². The van der Waals surface area contributed by atoms with Crippen LogP contribution in [0.15, 0.2) is 10.1 Å². The summed E-state index contributed by atoms with van der Waals surface area (Å²) in [5.41, 5.74) is 1.47. The Bertz CT molecular complexity index is 196. The number of hydrogen-bond donors (Lipinski definition) is 0. The van der Waals surface area contributed by atoms with E-state index in [-0.39, 0.29) is 5.92 Å². The molecule has 0 aromatic carbocycles. The van der Waals surface area contributed by atoms with Crippen molar-refractivity contribution in [1.29, 1.82) is 0 Å². The molecular weight excluding hydrogens is 216 g/mol. The molecule has 1 rings (SSSR count). The summed E-state index contributed by atoms with van der Waals surface area (Å²) in [5, 5.41) is 0. The maximum absolute atomic E-state index is 10.6. The number of rotatable bonds is 4. The van der Waals surface area contributed by atoms with E-state index in [2.05, 4.69) is 22.9 Å². The lowest BCUT2D eigenvalue weighted by Crippen LogP contribution is -1.94. The van der Waals surface area contributed by atoms with E-state index in [1.807, 2.05) is 0 Å². The van der Waals surface area contributed by atoms with E-state index in [4.69, 9.17) is 0 Å². The zero-order valence-corrected chi connectivity index (χ0v) is 9.06. The minimum atomic E-state index is 0.164. The molecule has 0 radical (unpaired) electrons. The minimum Gasteiger partial charge on any atom is -0.303 e. The molecule has 1 atom stereocenters. The predicted molar refractivity (Wildman–Crippen MR) is 54.3 cm³/mol. The number of aldehydes is 1. The van der Waals surface area contributed by atoms with Crippen molar-refractivity contribution in [1.82, 2.24) is 0 Å². The predicted octanol–water partition coefficient (Wildman–Crippen LogP) is 3.43. The van der Waals surface area contributed by atoms with Crippen LogP contribution in [0.1, 0.15) is 39.0 Å². The standard InChI is InChI=1S/C10H15BrO/c1-2-3-4-8-5-6-9(7-12)10(8)11/h7,9H,2-6H2,1H3. The van der Waals surface area contributed by atoms with E-state index in [0.29, 0.717) is 0 Å². The Labute approximate surface area is 82.4 Å². The molecule has 0 amide bonds. The molecule has 0 heterocycles. The van der Waals surface area contributed by atoms with Crippen molar-refractivity contribution >= 4 is 22.2 Å². The number of unbranched alkanes of at least 4 members (excludes halogenated alkanes) is 1. The van der Waals surface area contributed by atoms with Gasteiger partial charge in [0.25, 0.3) is 0 Å². The highest BCUT2D eigenvalue weighted by molar-refractivity contribution is 9.11. The van der Waals surface area contributed by atoms with Crippen LogP contribution in [0.4, 0.5) is 0 Å². The fraction of sp³-hybridized carbons (Fsp3) is 0.700. The van der Waals surface area contributed by atoms with Crippen LogP contribution in [-0.2, 0) is 4.79 Å². The summed E-state index contributed by atoms with van der Waals surface area (Å²) in [7, 11) is 0. The van der Waals surface area contributed by atoms with Crippen LogP contribution in [0.2, 0.25) is 0 Å². The molecule has 1 aliphatic carbocycles. The fourth-order valence-corrected chi connectivity index (χ4v) is 2.33. The Balaban J connectivity index is 2.52. The summed E-state index contributed by atoms with van der Waals surface area (Å²) in [5.74, 6) is 0.164. The van der Waals surface area contributed by atoms with Crippen molar-refractivity contribution in [3.63, 3.8) is 0 Å². The second kappa shape index (κ2) is 4.80. The van der Waals surface area contributed by atoms with Crippen molar-refractivity contribution in [2.45, 2.75) is 39.0 Å². The maximum atomic E-state index is 10.6. The molecule has 68 valence electrons. The third kappa shape index (κ3) is 2.19. The Hall–Kier alpha value is -0.110. The molecule has 0 spiro atoms. The van der Waals surface area contributed by atoms with Crippen molar-refractivity contribution in [2.75, 3.05) is 0 Å². The van der Waals surface area contributed by atoms with Gasteiger partial charge in [-0.1, -0.05) is 34.8 Å². The van der Waals surface area contributed by atoms with Crippen LogP contribution in [-0.4, -0.2) is 6.29 Å². The van der Waals surface area contributed by atoms with E-state index in [1.165, 1.54) is 29.3 Å². The van der Waals surface area contributed by atoms with Gasteiger partial charge in [0.2, 0.25) is 0 Å². The summed E-state index contributed by atoms with van der Waals surface area (Å²) in [6.45, 7) is 2.20. The lowest BCUT2D eigenvalue weighted by atomic mass is 10.1. The molecule has 1 nitrogen and oxygen atoms in total. The molecule has 2 heteroatoms. The average molecular weight is 231 g/mol. The van der Waals surface area contributed by atoms with Crippen LogP contribution in [0, 0.1) is 5.92 Å². The SMILES string of the molecule is CCCCC1=C(Br)C(C=O)CC1. The highest BCUT2D eigenvalue weighted by atomic mass is 79.9. The second-order valence-electron chi connectivity index (χ2n) is 3.34. The highest BCUT2D eigenvalue weighted by Crippen LogP contribution is 2.37. The number of halogens is 1. The minimum absolute atomic E-state index is 0.164. The largest absolute Gasteiger partial charge is 0.303 e. The first-order valence-electron chi connectivity index (χ1n) is 4.62. The van der Waals surface area contributed by atoms with Gasteiger partial charge in [0.05, 0.1) is 0 Å². The molecule has 1 aliphatic rings. The van der Waals surface area contributed by atoms with Crippen LogP contribution in [0.5, 0.6) is 0 Å². The zero-order valence-electron chi connectivity index (χ0n) is 7.48. The Morgan fingerprint density at radius 3 is 2.92 bits per heavy atom. The lowest BCUT2D eigenvalue weighted by molar-refractivity contribution is -0.109. The smallest absolute Gasteiger partial charge is 0.127 e. The molecule has 0 saturated heterocycles. The first-order valence-corrected chi connectivity index (χ1v) is 5.41. The number of carbonyl (C=O) groups excluding carboxylic acids is 1. The van der Waals surface area contributed by atoms with E-state index >= 15 is 0 Å². The Morgan fingerprint density at radius 2 is 2.42 bits per heavy atom. The van der Waals surface area contributed by atoms with Gasteiger partial charge in [-0.2, -0.15) is 0 Å². The van der Waals surface area contributed by atoms with Gasteiger partial charge in [0, 0.05) is 10.4 Å². The molecule has 0 aromatic heterocycles.